The van der Waals surface area contributed by atoms with Crippen molar-refractivity contribution >= 4 is 31.5 Å². The second-order valence-corrected chi connectivity index (χ2v) is 14.2. The number of aromatic nitrogens is 6. The van der Waals surface area contributed by atoms with Crippen molar-refractivity contribution in [2.75, 3.05) is 0 Å². The molecule has 3 aromatic heterocycles. The van der Waals surface area contributed by atoms with Gasteiger partial charge in [0.25, 0.3) is 0 Å². The van der Waals surface area contributed by atoms with Crippen molar-refractivity contribution in [3.63, 3.8) is 0 Å². The third kappa shape index (κ3) is 6.22. The lowest BCUT2D eigenvalue weighted by molar-refractivity contribution is 1.06. The fourth-order valence-corrected chi connectivity index (χ4v) is 8.05. The number of hydrogen-bond donors (Lipinski definition) is 0. The highest BCUT2D eigenvalue weighted by Crippen LogP contribution is 2.39. The number of benzene rings is 7. The second-order valence-electron chi connectivity index (χ2n) is 13.1. The van der Waals surface area contributed by atoms with Crippen LogP contribution in [0.15, 0.2) is 182 Å². The minimum Gasteiger partial charge on any atom is -0.208 e. The molecule has 0 atom stereocenters. The van der Waals surface area contributed by atoms with E-state index in [2.05, 4.69) is 60.7 Å². The highest BCUT2D eigenvalue weighted by atomic mass is 32.1. The van der Waals surface area contributed by atoms with Gasteiger partial charge < -0.3 is 0 Å². The summed E-state index contributed by atoms with van der Waals surface area (Å²) < 4.78 is 2.54. The number of hydrogen-bond acceptors (Lipinski definition) is 7. The van der Waals surface area contributed by atoms with Crippen LogP contribution >= 0.6 is 11.3 Å². The first-order valence-electron chi connectivity index (χ1n) is 18.0. The third-order valence-electron chi connectivity index (χ3n) is 9.63. The molecule has 0 aliphatic heterocycles. The molecule has 55 heavy (non-hydrogen) atoms. The smallest absolute Gasteiger partial charge is 0.164 e. The van der Waals surface area contributed by atoms with Gasteiger partial charge in [-0.05, 0) is 29.3 Å². The van der Waals surface area contributed by atoms with Crippen LogP contribution in [0.3, 0.4) is 0 Å². The van der Waals surface area contributed by atoms with Crippen molar-refractivity contribution < 1.29 is 0 Å². The molecule has 0 radical (unpaired) electrons. The number of nitrogens with zero attached hydrogens (tertiary/aromatic N) is 6. The SMILES string of the molecule is c1ccc(-c2nc(-c3ccccc3)nc(-c3ccccc3-c3nc(-c4ccccc4)nc(-c4ccccc4-c4ccc5sc6ccccc6c5c4)n3)n2)cc1. The number of thiophene rings is 1. The predicted octanol–water partition coefficient (Wildman–Crippen LogP) is 12.1. The Kier molecular flexibility index (Phi) is 8.24. The van der Waals surface area contributed by atoms with E-state index in [0.29, 0.717) is 34.9 Å². The summed E-state index contributed by atoms with van der Waals surface area (Å²) in [7, 11) is 0. The second kappa shape index (κ2) is 14.0. The van der Waals surface area contributed by atoms with Crippen LogP contribution < -0.4 is 0 Å². The Labute approximate surface area is 321 Å². The summed E-state index contributed by atoms with van der Waals surface area (Å²) in [6.07, 6.45) is 0. The lowest BCUT2D eigenvalue weighted by atomic mass is 9.97. The van der Waals surface area contributed by atoms with E-state index in [1.165, 1.54) is 20.2 Å². The van der Waals surface area contributed by atoms with E-state index in [1.54, 1.807) is 0 Å². The van der Waals surface area contributed by atoms with Crippen LogP contribution in [0.25, 0.3) is 99.6 Å². The maximum Gasteiger partial charge on any atom is 0.164 e. The largest absolute Gasteiger partial charge is 0.208 e. The molecule has 0 fully saturated rings. The van der Waals surface area contributed by atoms with E-state index in [9.17, 15) is 0 Å². The zero-order chi connectivity index (χ0) is 36.6. The van der Waals surface area contributed by atoms with Crippen LogP contribution in [0.5, 0.6) is 0 Å². The fraction of sp³-hybridized carbons (Fsp3) is 0. The number of rotatable bonds is 7. The monoisotopic (exact) mass is 722 g/mol. The molecule has 0 unspecified atom stereocenters. The van der Waals surface area contributed by atoms with E-state index >= 15 is 0 Å². The molecule has 7 aromatic carbocycles. The molecular weight excluding hydrogens is 693 g/mol. The van der Waals surface area contributed by atoms with Gasteiger partial charge in [0.05, 0.1) is 0 Å². The van der Waals surface area contributed by atoms with Crippen molar-refractivity contribution in [2.45, 2.75) is 0 Å². The maximum atomic E-state index is 5.24. The van der Waals surface area contributed by atoms with E-state index in [4.69, 9.17) is 29.9 Å². The highest BCUT2D eigenvalue weighted by molar-refractivity contribution is 7.25. The highest BCUT2D eigenvalue weighted by Gasteiger charge is 2.20. The van der Waals surface area contributed by atoms with Gasteiger partial charge in [-0.25, -0.2) is 29.9 Å². The van der Waals surface area contributed by atoms with Gasteiger partial charge in [-0.15, -0.1) is 11.3 Å². The predicted molar refractivity (Wildman–Crippen MR) is 224 cm³/mol. The van der Waals surface area contributed by atoms with Crippen molar-refractivity contribution in [3.8, 4) is 79.5 Å². The standard InChI is InChI=1S/C48H30N6S/c1-4-16-31(17-5-1)43-49-44(32-18-6-2-7-19-32)51-47(50-43)38-25-12-13-26-39(38)48-53-45(33-20-8-3-9-21-33)52-46(54-48)37-24-11-10-22-35(37)34-28-29-42-40(30-34)36-23-14-15-27-41(36)55-42/h1-30H. The van der Waals surface area contributed by atoms with E-state index in [-0.39, 0.29) is 0 Å². The molecule has 10 aromatic rings. The van der Waals surface area contributed by atoms with Gasteiger partial charge >= 0.3 is 0 Å². The lowest BCUT2D eigenvalue weighted by Gasteiger charge is -2.14. The Morgan fingerprint density at radius 3 is 1.13 bits per heavy atom. The fourth-order valence-electron chi connectivity index (χ4n) is 6.96. The van der Waals surface area contributed by atoms with Gasteiger partial charge in [-0.1, -0.05) is 164 Å². The first-order valence-corrected chi connectivity index (χ1v) is 18.9. The summed E-state index contributed by atoms with van der Waals surface area (Å²) in [5, 5.41) is 2.50. The Morgan fingerprint density at radius 2 is 0.618 bits per heavy atom. The molecule has 0 spiro atoms. The Hall–Kier alpha value is -7.22. The normalized spacial score (nSPS) is 11.3. The maximum absolute atomic E-state index is 5.24. The molecule has 10 rings (SSSR count). The van der Waals surface area contributed by atoms with Crippen LogP contribution in [0.4, 0.5) is 0 Å². The first kappa shape index (κ1) is 32.4. The van der Waals surface area contributed by atoms with E-state index < -0.39 is 0 Å². The Balaban J connectivity index is 1.17. The molecule has 0 saturated heterocycles. The molecule has 0 amide bonds. The molecule has 0 aliphatic carbocycles. The molecule has 6 nitrogen and oxygen atoms in total. The summed E-state index contributed by atoms with van der Waals surface area (Å²) in [5.41, 5.74) is 7.34. The van der Waals surface area contributed by atoms with Gasteiger partial charge in [-0.3, -0.25) is 0 Å². The van der Waals surface area contributed by atoms with Crippen molar-refractivity contribution in [1.82, 2.24) is 29.9 Å². The molecule has 0 aliphatic rings. The lowest BCUT2D eigenvalue weighted by Crippen LogP contribution is -2.04. The molecule has 0 saturated carbocycles. The van der Waals surface area contributed by atoms with Crippen molar-refractivity contribution in [2.24, 2.45) is 0 Å². The molecular formula is C48H30N6S. The summed E-state index contributed by atoms with van der Waals surface area (Å²) in [6, 6.07) is 61.7. The van der Waals surface area contributed by atoms with Gasteiger partial charge in [0, 0.05) is 53.6 Å². The molecule has 0 N–H and O–H groups in total. The summed E-state index contributed by atoms with van der Waals surface area (Å²) in [6.45, 7) is 0. The number of fused-ring (bicyclic) bond motifs is 3. The first-order chi connectivity index (χ1) is 27.2. The van der Waals surface area contributed by atoms with Crippen LogP contribution in [0, 0.1) is 0 Å². The average molecular weight is 723 g/mol. The van der Waals surface area contributed by atoms with Crippen molar-refractivity contribution in [3.05, 3.63) is 182 Å². The summed E-state index contributed by atoms with van der Waals surface area (Å²) in [5.74, 6) is 3.39. The molecule has 0 bridgehead atoms. The third-order valence-corrected chi connectivity index (χ3v) is 10.8. The topological polar surface area (TPSA) is 77.3 Å². The average Bonchev–Trinajstić information content (AvgIpc) is 3.65. The van der Waals surface area contributed by atoms with Gasteiger partial charge in [0.15, 0.2) is 34.9 Å². The zero-order valence-corrected chi connectivity index (χ0v) is 30.2. The Bertz CT molecular complexity index is 2920. The van der Waals surface area contributed by atoms with Crippen molar-refractivity contribution in [1.29, 1.82) is 0 Å². The van der Waals surface area contributed by atoms with E-state index in [1.807, 2.05) is 133 Å². The zero-order valence-electron chi connectivity index (χ0n) is 29.4. The van der Waals surface area contributed by atoms with Crippen LogP contribution in [-0.4, -0.2) is 29.9 Å². The Morgan fingerprint density at radius 1 is 0.255 bits per heavy atom. The van der Waals surface area contributed by atoms with Gasteiger partial charge in [-0.2, -0.15) is 0 Å². The minimum atomic E-state index is 0.525. The minimum absolute atomic E-state index is 0.525. The summed E-state index contributed by atoms with van der Waals surface area (Å²) in [4.78, 5) is 30.5. The quantitative estimate of drug-likeness (QED) is 0.163. The summed E-state index contributed by atoms with van der Waals surface area (Å²) >= 11 is 1.82. The van der Waals surface area contributed by atoms with Crippen LogP contribution in [0.2, 0.25) is 0 Å². The molecule has 3 heterocycles. The van der Waals surface area contributed by atoms with Crippen LogP contribution in [0.1, 0.15) is 0 Å². The molecule has 7 heteroatoms. The van der Waals surface area contributed by atoms with Gasteiger partial charge in [0.1, 0.15) is 0 Å². The van der Waals surface area contributed by atoms with Gasteiger partial charge in [0.2, 0.25) is 0 Å². The van der Waals surface area contributed by atoms with E-state index in [0.717, 1.165) is 44.5 Å². The molecule has 258 valence electrons. The van der Waals surface area contributed by atoms with Crippen LogP contribution in [-0.2, 0) is 0 Å².